The van der Waals surface area contributed by atoms with E-state index in [0.29, 0.717) is 27.6 Å². The van der Waals surface area contributed by atoms with Crippen molar-refractivity contribution in [3.63, 3.8) is 0 Å². The molecule has 8 heteroatoms. The predicted molar refractivity (Wildman–Crippen MR) is 138 cm³/mol. The number of nitrogens with zero attached hydrogens (tertiary/aromatic N) is 3. The van der Waals surface area contributed by atoms with Crippen molar-refractivity contribution in [3.8, 4) is 0 Å². The molecule has 174 valence electrons. The van der Waals surface area contributed by atoms with Crippen molar-refractivity contribution in [3.05, 3.63) is 62.5 Å². The van der Waals surface area contributed by atoms with Gasteiger partial charge in [-0.25, -0.2) is 5.01 Å². The van der Waals surface area contributed by atoms with E-state index in [2.05, 4.69) is 45.4 Å². The first-order chi connectivity index (χ1) is 15.9. The highest BCUT2D eigenvalue weighted by atomic mass is 79.9. The number of hydrazine groups is 1. The third kappa shape index (κ3) is 4.55. The maximum Gasteiger partial charge on any atom is 0.282 e. The molecular formula is C25H27BrCl2N4O. The van der Waals surface area contributed by atoms with E-state index >= 15 is 0 Å². The van der Waals surface area contributed by atoms with Crippen molar-refractivity contribution in [1.82, 2.24) is 10.4 Å². The molecule has 1 aliphatic carbocycles. The molecule has 0 aromatic heterocycles. The number of amides is 1. The van der Waals surface area contributed by atoms with Crippen LogP contribution in [0.5, 0.6) is 0 Å². The highest BCUT2D eigenvalue weighted by molar-refractivity contribution is 9.10. The molecule has 2 aromatic carbocycles. The maximum absolute atomic E-state index is 13.5. The van der Waals surface area contributed by atoms with Gasteiger partial charge in [0.2, 0.25) is 0 Å². The lowest BCUT2D eigenvalue weighted by molar-refractivity contribution is -0.119. The number of rotatable bonds is 5. The molecule has 4 atom stereocenters. The lowest BCUT2D eigenvalue weighted by Gasteiger charge is -2.29. The Morgan fingerprint density at radius 3 is 2.45 bits per heavy atom. The SMILES string of the molecule is CC[C@@H]1C(C(=O)NN2CC3CCCC3C2)=NN(c2ccc(Cl)cc2Cl)[C@@H]1c1ccc(Br)cc1. The van der Waals surface area contributed by atoms with Crippen LogP contribution in [0.3, 0.4) is 0 Å². The first-order valence-electron chi connectivity index (χ1n) is 11.6. The Hall–Kier alpha value is -1.60. The number of benzene rings is 2. The molecule has 2 aromatic rings. The molecule has 1 saturated carbocycles. The van der Waals surface area contributed by atoms with E-state index in [1.165, 1.54) is 19.3 Å². The summed E-state index contributed by atoms with van der Waals surface area (Å²) in [4.78, 5) is 13.5. The third-order valence-corrected chi connectivity index (χ3v) is 8.30. The molecule has 0 spiro atoms. The van der Waals surface area contributed by atoms with Gasteiger partial charge in [-0.2, -0.15) is 5.10 Å². The third-order valence-electron chi connectivity index (χ3n) is 7.24. The Balaban J connectivity index is 1.47. The summed E-state index contributed by atoms with van der Waals surface area (Å²) in [6.45, 7) is 3.97. The van der Waals surface area contributed by atoms with Crippen LogP contribution in [0.15, 0.2) is 52.0 Å². The zero-order valence-electron chi connectivity index (χ0n) is 18.5. The minimum atomic E-state index is -0.138. The number of hydrazone groups is 1. The zero-order chi connectivity index (χ0) is 23.1. The van der Waals surface area contributed by atoms with Crippen LogP contribution in [0.25, 0.3) is 0 Å². The second kappa shape index (κ2) is 9.57. The number of hydrogen-bond donors (Lipinski definition) is 1. The Labute approximate surface area is 213 Å². The van der Waals surface area contributed by atoms with Gasteiger partial charge in [-0.15, -0.1) is 0 Å². The van der Waals surface area contributed by atoms with Crippen molar-refractivity contribution >= 4 is 56.4 Å². The summed E-state index contributed by atoms with van der Waals surface area (Å²) < 4.78 is 1.01. The largest absolute Gasteiger partial charge is 0.284 e. The maximum atomic E-state index is 13.5. The number of carbonyl (C=O) groups is 1. The Bertz CT molecular complexity index is 1060. The van der Waals surface area contributed by atoms with Crippen LogP contribution >= 0.6 is 39.1 Å². The average Bonchev–Trinajstić information content (AvgIpc) is 3.47. The van der Waals surface area contributed by atoms with Gasteiger partial charge in [0.25, 0.3) is 5.91 Å². The lowest BCUT2D eigenvalue weighted by atomic mass is 9.87. The van der Waals surface area contributed by atoms with Crippen molar-refractivity contribution in [2.75, 3.05) is 18.1 Å². The van der Waals surface area contributed by atoms with Crippen LogP contribution < -0.4 is 10.4 Å². The Kier molecular flexibility index (Phi) is 6.72. The van der Waals surface area contributed by atoms with Crippen molar-refractivity contribution in [2.45, 2.75) is 38.6 Å². The molecule has 5 nitrogen and oxygen atoms in total. The van der Waals surface area contributed by atoms with E-state index in [1.807, 2.05) is 23.2 Å². The van der Waals surface area contributed by atoms with E-state index < -0.39 is 0 Å². The Morgan fingerprint density at radius 1 is 1.12 bits per heavy atom. The molecule has 5 rings (SSSR count). The molecule has 2 unspecified atom stereocenters. The highest BCUT2D eigenvalue weighted by Crippen LogP contribution is 2.44. The summed E-state index contributed by atoms with van der Waals surface area (Å²) in [6.07, 6.45) is 4.63. The average molecular weight is 550 g/mol. The van der Waals surface area contributed by atoms with E-state index in [-0.39, 0.29) is 17.9 Å². The fourth-order valence-corrected chi connectivity index (χ4v) is 6.39. The minimum Gasteiger partial charge on any atom is -0.284 e. The summed E-state index contributed by atoms with van der Waals surface area (Å²) in [7, 11) is 0. The zero-order valence-corrected chi connectivity index (χ0v) is 21.6. The molecular weight excluding hydrogens is 523 g/mol. The smallest absolute Gasteiger partial charge is 0.282 e. The van der Waals surface area contributed by atoms with Crippen molar-refractivity contribution in [2.24, 2.45) is 22.9 Å². The summed E-state index contributed by atoms with van der Waals surface area (Å²) in [5, 5.41) is 9.93. The number of fused-ring (bicyclic) bond motifs is 1. The quantitative estimate of drug-likeness (QED) is 0.465. The van der Waals surface area contributed by atoms with Gasteiger partial charge in [0.15, 0.2) is 0 Å². The van der Waals surface area contributed by atoms with E-state index in [9.17, 15) is 4.79 Å². The molecule has 2 fully saturated rings. The first kappa shape index (κ1) is 23.2. The van der Waals surface area contributed by atoms with Crippen LogP contribution in [0.4, 0.5) is 5.69 Å². The fraction of sp³-hybridized carbons (Fsp3) is 0.440. The first-order valence-corrected chi connectivity index (χ1v) is 13.1. The van der Waals surface area contributed by atoms with Crippen LogP contribution in [0, 0.1) is 17.8 Å². The molecule has 1 N–H and O–H groups in total. The minimum absolute atomic E-state index is 0.0694. The molecule has 33 heavy (non-hydrogen) atoms. The summed E-state index contributed by atoms with van der Waals surface area (Å²) in [5.41, 5.74) is 5.54. The number of hydrogen-bond acceptors (Lipinski definition) is 4. The number of nitrogens with one attached hydrogen (secondary N) is 1. The monoisotopic (exact) mass is 548 g/mol. The summed E-state index contributed by atoms with van der Waals surface area (Å²) in [6, 6.07) is 13.4. The van der Waals surface area contributed by atoms with Gasteiger partial charge < -0.3 is 0 Å². The Morgan fingerprint density at radius 2 is 1.82 bits per heavy atom. The van der Waals surface area contributed by atoms with Crippen molar-refractivity contribution < 1.29 is 4.79 Å². The number of carbonyl (C=O) groups excluding carboxylic acids is 1. The van der Waals surface area contributed by atoms with Gasteiger partial charge >= 0.3 is 0 Å². The number of anilines is 1. The second-order valence-electron chi connectivity index (χ2n) is 9.23. The molecule has 0 radical (unpaired) electrons. The fourth-order valence-electron chi connectivity index (χ4n) is 5.63. The van der Waals surface area contributed by atoms with Gasteiger partial charge in [0.1, 0.15) is 5.71 Å². The molecule has 0 bridgehead atoms. The van der Waals surface area contributed by atoms with Crippen molar-refractivity contribution in [1.29, 1.82) is 0 Å². The van der Waals surface area contributed by atoms with Crippen LogP contribution in [0.2, 0.25) is 10.0 Å². The molecule has 2 aliphatic heterocycles. The van der Waals surface area contributed by atoms with Crippen LogP contribution in [-0.2, 0) is 4.79 Å². The lowest BCUT2D eigenvalue weighted by Crippen LogP contribution is -2.45. The van der Waals surface area contributed by atoms with E-state index in [0.717, 1.165) is 35.2 Å². The van der Waals surface area contributed by atoms with E-state index in [1.54, 1.807) is 12.1 Å². The van der Waals surface area contributed by atoms with Gasteiger partial charge in [-0.3, -0.25) is 15.2 Å². The van der Waals surface area contributed by atoms with Crippen LogP contribution in [0.1, 0.15) is 44.2 Å². The topological polar surface area (TPSA) is 47.9 Å². The normalized spacial score (nSPS) is 27.0. The number of halogens is 3. The van der Waals surface area contributed by atoms with Gasteiger partial charge in [0, 0.05) is 28.5 Å². The molecule has 1 saturated heterocycles. The van der Waals surface area contributed by atoms with E-state index in [4.69, 9.17) is 28.3 Å². The summed E-state index contributed by atoms with van der Waals surface area (Å²) >= 11 is 16.3. The summed E-state index contributed by atoms with van der Waals surface area (Å²) in [5.74, 6) is 1.23. The van der Waals surface area contributed by atoms with Gasteiger partial charge in [0.05, 0.1) is 16.8 Å². The predicted octanol–water partition coefficient (Wildman–Crippen LogP) is 6.46. The molecule has 1 amide bonds. The second-order valence-corrected chi connectivity index (χ2v) is 11.0. The van der Waals surface area contributed by atoms with Gasteiger partial charge in [-0.05, 0) is 67.0 Å². The molecule has 3 aliphatic rings. The molecule has 2 heterocycles. The van der Waals surface area contributed by atoms with Crippen LogP contribution in [-0.4, -0.2) is 29.7 Å². The highest BCUT2D eigenvalue weighted by Gasteiger charge is 2.43. The standard InChI is InChI=1S/C25H27BrCl2N4O/c1-2-20-23(25(33)30-31-13-16-4-3-5-17(16)14-31)29-32(22-11-10-19(27)12-21(22)28)24(20)15-6-8-18(26)9-7-15/h6-12,16-17,20,24H,2-5,13-14H2,1H3,(H,30,33)/t16?,17?,20-,24-/m1/s1. The van der Waals surface area contributed by atoms with Gasteiger partial charge in [-0.1, -0.05) is 64.6 Å².